The second kappa shape index (κ2) is 12.4. The summed E-state index contributed by atoms with van der Waals surface area (Å²) in [5, 5.41) is 5.26. The Labute approximate surface area is 241 Å². The standard InChI is InChI=1S/C28H25Br2ClFN3O3/c1-4-16(3)27-34-22-10-9-19(29)13-21(22)28(36)35(27)33-14-18-12-23(37-5-2)26(25(31)24(18)30)38-15-17-7-6-8-20(32)11-17/h6-14,16H,4-5,15H2,1-3H3/t16-/m0/s1. The quantitative estimate of drug-likeness (QED) is 0.170. The molecule has 1 atom stereocenters. The fourth-order valence-corrected chi connectivity index (χ4v) is 4.79. The van der Waals surface area contributed by atoms with Crippen LogP contribution >= 0.6 is 43.5 Å². The van der Waals surface area contributed by atoms with Crippen molar-refractivity contribution < 1.29 is 13.9 Å². The molecule has 6 nitrogen and oxygen atoms in total. The number of halogens is 4. The fraction of sp³-hybridized carbons (Fsp3) is 0.250. The minimum Gasteiger partial charge on any atom is -0.490 e. The minimum atomic E-state index is -0.350. The molecule has 0 unspecified atom stereocenters. The Hall–Kier alpha value is -2.75. The molecule has 198 valence electrons. The molecule has 0 N–H and O–H groups in total. The van der Waals surface area contributed by atoms with E-state index in [1.807, 2.05) is 32.9 Å². The number of hydrogen-bond acceptors (Lipinski definition) is 5. The summed E-state index contributed by atoms with van der Waals surface area (Å²) in [4.78, 5) is 18.2. The maximum atomic E-state index is 13.6. The summed E-state index contributed by atoms with van der Waals surface area (Å²) in [7, 11) is 0. The van der Waals surface area contributed by atoms with Crippen LogP contribution in [-0.4, -0.2) is 22.5 Å². The first-order chi connectivity index (χ1) is 18.2. The van der Waals surface area contributed by atoms with Crippen molar-refractivity contribution in [1.82, 2.24) is 9.66 Å². The smallest absolute Gasteiger partial charge is 0.282 e. The molecule has 4 rings (SSSR count). The van der Waals surface area contributed by atoms with E-state index < -0.39 is 0 Å². The Bertz CT molecular complexity index is 1580. The van der Waals surface area contributed by atoms with Crippen molar-refractivity contribution in [1.29, 1.82) is 0 Å². The normalized spacial score (nSPS) is 12.3. The van der Waals surface area contributed by atoms with Gasteiger partial charge < -0.3 is 9.47 Å². The molecule has 1 aromatic heterocycles. The molecule has 0 amide bonds. The molecule has 0 aliphatic rings. The van der Waals surface area contributed by atoms with Gasteiger partial charge in [0.1, 0.15) is 23.3 Å². The number of aromatic nitrogens is 2. The van der Waals surface area contributed by atoms with Gasteiger partial charge in [-0.2, -0.15) is 9.78 Å². The lowest BCUT2D eigenvalue weighted by Gasteiger charge is -2.17. The van der Waals surface area contributed by atoms with Crippen LogP contribution in [0.5, 0.6) is 11.5 Å². The summed E-state index contributed by atoms with van der Waals surface area (Å²) in [6.45, 7) is 6.35. The predicted molar refractivity (Wildman–Crippen MR) is 156 cm³/mol. The molecule has 1 heterocycles. The van der Waals surface area contributed by atoms with Crippen LogP contribution in [0.3, 0.4) is 0 Å². The van der Waals surface area contributed by atoms with Crippen LogP contribution in [0.1, 0.15) is 50.1 Å². The molecule has 0 bridgehead atoms. The summed E-state index contributed by atoms with van der Waals surface area (Å²) < 4.78 is 27.9. The van der Waals surface area contributed by atoms with Gasteiger partial charge in [0.25, 0.3) is 5.56 Å². The average molecular weight is 666 g/mol. The third-order valence-corrected chi connectivity index (χ3v) is 7.86. The first kappa shape index (κ1) is 28.3. The van der Waals surface area contributed by atoms with Crippen molar-refractivity contribution in [2.45, 2.75) is 39.7 Å². The number of rotatable bonds is 9. The van der Waals surface area contributed by atoms with Crippen LogP contribution in [0.15, 0.2) is 67.4 Å². The van der Waals surface area contributed by atoms with E-state index in [-0.39, 0.29) is 28.9 Å². The molecule has 4 aromatic rings. The van der Waals surface area contributed by atoms with Gasteiger partial charge in [0, 0.05) is 20.4 Å². The van der Waals surface area contributed by atoms with E-state index in [0.717, 1.165) is 10.9 Å². The van der Waals surface area contributed by atoms with E-state index in [1.165, 1.54) is 23.0 Å². The van der Waals surface area contributed by atoms with Crippen molar-refractivity contribution in [3.05, 3.63) is 95.6 Å². The Morgan fingerprint density at radius 3 is 2.66 bits per heavy atom. The highest BCUT2D eigenvalue weighted by atomic mass is 79.9. The van der Waals surface area contributed by atoms with Gasteiger partial charge in [-0.05, 0) is 71.2 Å². The largest absolute Gasteiger partial charge is 0.490 e. The lowest BCUT2D eigenvalue weighted by atomic mass is 10.1. The Kier molecular flexibility index (Phi) is 9.23. The Morgan fingerprint density at radius 1 is 1.16 bits per heavy atom. The van der Waals surface area contributed by atoms with Gasteiger partial charge in [-0.15, -0.1) is 0 Å². The van der Waals surface area contributed by atoms with Gasteiger partial charge in [0.2, 0.25) is 0 Å². The first-order valence-electron chi connectivity index (χ1n) is 12.0. The lowest BCUT2D eigenvalue weighted by molar-refractivity contribution is 0.269. The molecule has 3 aromatic carbocycles. The van der Waals surface area contributed by atoms with Crippen LogP contribution in [0.4, 0.5) is 4.39 Å². The first-order valence-corrected chi connectivity index (χ1v) is 14.0. The van der Waals surface area contributed by atoms with Crippen molar-refractivity contribution >= 4 is 60.6 Å². The topological polar surface area (TPSA) is 65.7 Å². The second-order valence-electron chi connectivity index (χ2n) is 8.57. The zero-order valence-corrected chi connectivity index (χ0v) is 24.9. The maximum absolute atomic E-state index is 13.6. The maximum Gasteiger partial charge on any atom is 0.282 e. The van der Waals surface area contributed by atoms with E-state index in [9.17, 15) is 9.18 Å². The summed E-state index contributed by atoms with van der Waals surface area (Å²) in [6, 6.07) is 13.3. The predicted octanol–water partition coefficient (Wildman–Crippen LogP) is 8.09. The number of hydrogen-bond donors (Lipinski definition) is 0. The van der Waals surface area contributed by atoms with Gasteiger partial charge >= 0.3 is 0 Å². The van der Waals surface area contributed by atoms with Crippen molar-refractivity contribution in [2.24, 2.45) is 5.10 Å². The van der Waals surface area contributed by atoms with Crippen LogP contribution in [0, 0.1) is 5.82 Å². The number of nitrogens with zero attached hydrogens (tertiary/aromatic N) is 3. The molecule has 38 heavy (non-hydrogen) atoms. The summed E-state index contributed by atoms with van der Waals surface area (Å²) in [6.07, 6.45) is 2.32. The molecule has 0 aliphatic heterocycles. The monoisotopic (exact) mass is 663 g/mol. The van der Waals surface area contributed by atoms with E-state index in [2.05, 4.69) is 37.0 Å². The van der Waals surface area contributed by atoms with Crippen LogP contribution in [0.2, 0.25) is 5.02 Å². The number of ether oxygens (including phenoxy) is 2. The highest BCUT2D eigenvalue weighted by Gasteiger charge is 2.19. The van der Waals surface area contributed by atoms with E-state index in [1.54, 1.807) is 24.3 Å². The molecule has 0 spiro atoms. The van der Waals surface area contributed by atoms with Crippen LogP contribution < -0.4 is 15.0 Å². The van der Waals surface area contributed by atoms with Gasteiger partial charge in [-0.25, -0.2) is 9.37 Å². The van der Waals surface area contributed by atoms with Crippen molar-refractivity contribution in [2.75, 3.05) is 6.61 Å². The second-order valence-corrected chi connectivity index (χ2v) is 10.7. The third-order valence-electron chi connectivity index (χ3n) is 5.93. The molecular formula is C28H25Br2ClFN3O3. The molecule has 0 fully saturated rings. The molecule has 10 heteroatoms. The summed E-state index contributed by atoms with van der Waals surface area (Å²) in [5.74, 6) is 0.922. The number of benzene rings is 3. The molecule has 0 saturated heterocycles. The Balaban J connectivity index is 1.77. The highest BCUT2D eigenvalue weighted by molar-refractivity contribution is 9.10. The summed E-state index contributed by atoms with van der Waals surface area (Å²) in [5.41, 5.74) is 1.57. The molecule has 0 radical (unpaired) electrons. The molecule has 0 saturated carbocycles. The van der Waals surface area contributed by atoms with Gasteiger partial charge in [0.05, 0.1) is 23.7 Å². The van der Waals surface area contributed by atoms with E-state index in [0.29, 0.717) is 50.4 Å². The SMILES string of the molecule is CCOc1cc(C=Nn2c([C@@H](C)CC)nc3ccc(Br)cc3c2=O)c(Br)c(Cl)c1OCc1cccc(F)c1. The van der Waals surface area contributed by atoms with Crippen LogP contribution in [0.25, 0.3) is 10.9 Å². The highest BCUT2D eigenvalue weighted by Crippen LogP contribution is 2.42. The lowest BCUT2D eigenvalue weighted by Crippen LogP contribution is -2.23. The van der Waals surface area contributed by atoms with Crippen molar-refractivity contribution in [3.63, 3.8) is 0 Å². The van der Waals surface area contributed by atoms with E-state index >= 15 is 0 Å². The van der Waals surface area contributed by atoms with Gasteiger partial charge in [-0.1, -0.05) is 53.5 Å². The Morgan fingerprint density at radius 2 is 1.95 bits per heavy atom. The molecular weight excluding hydrogens is 641 g/mol. The average Bonchev–Trinajstić information content (AvgIpc) is 2.90. The minimum absolute atomic E-state index is 0.00231. The van der Waals surface area contributed by atoms with E-state index in [4.69, 9.17) is 26.1 Å². The number of fused-ring (bicyclic) bond motifs is 1. The van der Waals surface area contributed by atoms with Crippen LogP contribution in [-0.2, 0) is 6.61 Å². The zero-order valence-electron chi connectivity index (χ0n) is 21.0. The zero-order chi connectivity index (χ0) is 27.4. The third kappa shape index (κ3) is 6.11. The fourth-order valence-electron chi connectivity index (χ4n) is 3.78. The van der Waals surface area contributed by atoms with Gasteiger partial charge in [0.15, 0.2) is 11.5 Å². The van der Waals surface area contributed by atoms with Crippen molar-refractivity contribution in [3.8, 4) is 11.5 Å². The molecule has 0 aliphatic carbocycles. The van der Waals surface area contributed by atoms with Gasteiger partial charge in [-0.3, -0.25) is 4.79 Å². The summed E-state index contributed by atoms with van der Waals surface area (Å²) >= 11 is 13.6.